The van der Waals surface area contributed by atoms with Crippen LogP contribution in [-0.2, 0) is 6.42 Å². The quantitative estimate of drug-likeness (QED) is 0.869. The topological polar surface area (TPSA) is 59.1 Å². The van der Waals surface area contributed by atoms with Crippen LogP contribution >= 0.6 is 0 Å². The van der Waals surface area contributed by atoms with Crippen LogP contribution in [0.2, 0.25) is 0 Å². The first-order valence-corrected chi connectivity index (χ1v) is 6.02. The molecule has 1 unspecified atom stereocenters. The number of rotatable bonds is 3. The summed E-state index contributed by atoms with van der Waals surface area (Å²) in [5.41, 5.74) is 9.99. The van der Waals surface area contributed by atoms with Crippen molar-refractivity contribution in [1.82, 2.24) is 4.98 Å². The van der Waals surface area contributed by atoms with E-state index in [-0.39, 0.29) is 0 Å². The lowest BCUT2D eigenvalue weighted by atomic mass is 9.98. The maximum atomic E-state index is 10.2. The SMILES string of the molecule is Cc1ccc(C(O)Cc2ccnc(N)c2)cc1C. The highest BCUT2D eigenvalue weighted by molar-refractivity contribution is 5.34. The number of hydrogen-bond donors (Lipinski definition) is 2. The monoisotopic (exact) mass is 242 g/mol. The Bertz CT molecular complexity index is 552. The maximum Gasteiger partial charge on any atom is 0.123 e. The molecule has 0 saturated carbocycles. The van der Waals surface area contributed by atoms with Gasteiger partial charge in [-0.15, -0.1) is 0 Å². The molecule has 1 atom stereocenters. The van der Waals surface area contributed by atoms with Crippen LogP contribution in [-0.4, -0.2) is 10.1 Å². The number of aliphatic hydroxyl groups is 1. The third-order valence-corrected chi connectivity index (χ3v) is 3.19. The maximum absolute atomic E-state index is 10.2. The Balaban J connectivity index is 2.16. The number of aryl methyl sites for hydroxylation is 2. The predicted molar refractivity (Wildman–Crippen MR) is 73.2 cm³/mol. The van der Waals surface area contributed by atoms with Crippen molar-refractivity contribution >= 4 is 5.82 Å². The van der Waals surface area contributed by atoms with E-state index in [2.05, 4.69) is 18.8 Å². The molecule has 2 rings (SSSR count). The molecule has 1 aromatic carbocycles. The van der Waals surface area contributed by atoms with Crippen molar-refractivity contribution in [3.05, 3.63) is 58.8 Å². The molecule has 0 amide bonds. The Morgan fingerprint density at radius 1 is 1.17 bits per heavy atom. The third-order valence-electron chi connectivity index (χ3n) is 3.19. The van der Waals surface area contributed by atoms with Gasteiger partial charge in [0.2, 0.25) is 0 Å². The summed E-state index contributed by atoms with van der Waals surface area (Å²) in [7, 11) is 0. The highest BCUT2D eigenvalue weighted by Crippen LogP contribution is 2.21. The Labute approximate surface area is 107 Å². The molecule has 2 aromatic rings. The minimum Gasteiger partial charge on any atom is -0.388 e. The molecule has 94 valence electrons. The molecule has 3 N–H and O–H groups in total. The minimum atomic E-state index is -0.508. The lowest BCUT2D eigenvalue weighted by Gasteiger charge is -2.13. The third kappa shape index (κ3) is 2.87. The van der Waals surface area contributed by atoms with Crippen LogP contribution in [0.1, 0.15) is 28.4 Å². The zero-order chi connectivity index (χ0) is 13.1. The van der Waals surface area contributed by atoms with Gasteiger partial charge >= 0.3 is 0 Å². The summed E-state index contributed by atoms with van der Waals surface area (Å²) in [6.45, 7) is 4.12. The van der Waals surface area contributed by atoms with Crippen LogP contribution in [0, 0.1) is 13.8 Å². The Morgan fingerprint density at radius 3 is 2.61 bits per heavy atom. The van der Waals surface area contributed by atoms with Gasteiger partial charge in [0.05, 0.1) is 6.10 Å². The zero-order valence-corrected chi connectivity index (χ0v) is 10.7. The first kappa shape index (κ1) is 12.6. The standard InChI is InChI=1S/C15H18N2O/c1-10-3-4-13(7-11(10)2)14(18)8-12-5-6-17-15(16)9-12/h3-7,9,14,18H,8H2,1-2H3,(H2,16,17). The number of benzene rings is 1. The normalized spacial score (nSPS) is 12.4. The van der Waals surface area contributed by atoms with Crippen molar-refractivity contribution in [2.24, 2.45) is 0 Å². The van der Waals surface area contributed by atoms with Crippen molar-refractivity contribution in [1.29, 1.82) is 0 Å². The van der Waals surface area contributed by atoms with Gasteiger partial charge in [-0.1, -0.05) is 18.2 Å². The van der Waals surface area contributed by atoms with Gasteiger partial charge in [0.15, 0.2) is 0 Å². The molecule has 1 aromatic heterocycles. The fraction of sp³-hybridized carbons (Fsp3) is 0.267. The Hall–Kier alpha value is -1.87. The van der Waals surface area contributed by atoms with E-state index < -0.39 is 6.10 Å². The molecule has 3 heteroatoms. The van der Waals surface area contributed by atoms with Crippen molar-refractivity contribution in [3.8, 4) is 0 Å². The molecule has 1 heterocycles. The fourth-order valence-electron chi connectivity index (χ4n) is 1.93. The second-order valence-electron chi connectivity index (χ2n) is 4.65. The molecular weight excluding hydrogens is 224 g/mol. The van der Waals surface area contributed by atoms with Crippen LogP contribution < -0.4 is 5.73 Å². The molecule has 0 fully saturated rings. The smallest absolute Gasteiger partial charge is 0.123 e. The lowest BCUT2D eigenvalue weighted by molar-refractivity contribution is 0.178. The van der Waals surface area contributed by atoms with Gasteiger partial charge in [-0.05, 0) is 48.2 Å². The van der Waals surface area contributed by atoms with Crippen molar-refractivity contribution in [3.63, 3.8) is 0 Å². The van der Waals surface area contributed by atoms with E-state index in [1.54, 1.807) is 12.3 Å². The molecule has 0 bridgehead atoms. The highest BCUT2D eigenvalue weighted by atomic mass is 16.3. The molecule has 18 heavy (non-hydrogen) atoms. The number of nitrogen functional groups attached to an aromatic ring is 1. The number of pyridine rings is 1. The zero-order valence-electron chi connectivity index (χ0n) is 10.7. The Morgan fingerprint density at radius 2 is 1.94 bits per heavy atom. The van der Waals surface area contributed by atoms with E-state index in [1.165, 1.54) is 11.1 Å². The first-order chi connectivity index (χ1) is 8.56. The average molecular weight is 242 g/mol. The number of hydrogen-bond acceptors (Lipinski definition) is 3. The van der Waals surface area contributed by atoms with E-state index in [4.69, 9.17) is 5.73 Å². The van der Waals surface area contributed by atoms with Gasteiger partial charge in [0.1, 0.15) is 5.82 Å². The van der Waals surface area contributed by atoms with Gasteiger partial charge in [0.25, 0.3) is 0 Å². The highest BCUT2D eigenvalue weighted by Gasteiger charge is 2.09. The van der Waals surface area contributed by atoms with Crippen LogP contribution in [0.3, 0.4) is 0 Å². The van der Waals surface area contributed by atoms with Crippen LogP contribution in [0.15, 0.2) is 36.5 Å². The van der Waals surface area contributed by atoms with Crippen LogP contribution in [0.5, 0.6) is 0 Å². The summed E-state index contributed by atoms with van der Waals surface area (Å²) in [6.07, 6.45) is 1.71. The van der Waals surface area contributed by atoms with Gasteiger partial charge < -0.3 is 10.8 Å². The van der Waals surface area contributed by atoms with E-state index in [0.29, 0.717) is 12.2 Å². The van der Waals surface area contributed by atoms with Crippen molar-refractivity contribution < 1.29 is 5.11 Å². The fourth-order valence-corrected chi connectivity index (χ4v) is 1.93. The van der Waals surface area contributed by atoms with Crippen LogP contribution in [0.4, 0.5) is 5.82 Å². The van der Waals surface area contributed by atoms with E-state index >= 15 is 0 Å². The summed E-state index contributed by atoms with van der Waals surface area (Å²) < 4.78 is 0. The minimum absolute atomic E-state index is 0.486. The van der Waals surface area contributed by atoms with Crippen molar-refractivity contribution in [2.75, 3.05) is 5.73 Å². The molecule has 0 aliphatic rings. The summed E-state index contributed by atoms with van der Waals surface area (Å²) in [5.74, 6) is 0.486. The van der Waals surface area contributed by atoms with Crippen LogP contribution in [0.25, 0.3) is 0 Å². The molecule has 3 nitrogen and oxygen atoms in total. The van der Waals surface area contributed by atoms with Gasteiger partial charge in [-0.2, -0.15) is 0 Å². The number of anilines is 1. The predicted octanol–water partition coefficient (Wildman–Crippen LogP) is 2.56. The molecule has 0 aliphatic heterocycles. The number of nitrogens with two attached hydrogens (primary N) is 1. The average Bonchev–Trinajstić information content (AvgIpc) is 2.32. The molecule has 0 aliphatic carbocycles. The number of aromatic nitrogens is 1. The Kier molecular flexibility index (Phi) is 3.63. The molecule has 0 spiro atoms. The van der Waals surface area contributed by atoms with E-state index in [1.807, 2.05) is 24.3 Å². The molecular formula is C15H18N2O. The summed E-state index contributed by atoms with van der Waals surface area (Å²) >= 11 is 0. The molecule has 0 saturated heterocycles. The summed E-state index contributed by atoms with van der Waals surface area (Å²) in [5, 5.41) is 10.2. The largest absolute Gasteiger partial charge is 0.388 e. The van der Waals surface area contributed by atoms with E-state index in [9.17, 15) is 5.11 Å². The van der Waals surface area contributed by atoms with Gasteiger partial charge in [0, 0.05) is 12.6 Å². The van der Waals surface area contributed by atoms with E-state index in [0.717, 1.165) is 11.1 Å². The van der Waals surface area contributed by atoms with Gasteiger partial charge in [-0.25, -0.2) is 4.98 Å². The van der Waals surface area contributed by atoms with Gasteiger partial charge in [-0.3, -0.25) is 0 Å². The molecule has 0 radical (unpaired) electrons. The summed E-state index contributed by atoms with van der Waals surface area (Å²) in [4.78, 5) is 3.94. The number of aliphatic hydroxyl groups excluding tert-OH is 1. The summed E-state index contributed by atoms with van der Waals surface area (Å²) in [6, 6.07) is 9.71. The van der Waals surface area contributed by atoms with Crippen molar-refractivity contribution in [2.45, 2.75) is 26.4 Å². The lowest BCUT2D eigenvalue weighted by Crippen LogP contribution is -2.03. The first-order valence-electron chi connectivity index (χ1n) is 6.02. The second-order valence-corrected chi connectivity index (χ2v) is 4.65. The number of nitrogens with zero attached hydrogens (tertiary/aromatic N) is 1. The second kappa shape index (κ2) is 5.19.